The molecular formula is C44H36Cl2F2N8O5S. The van der Waals surface area contributed by atoms with Crippen LogP contribution >= 0.6 is 35.0 Å². The van der Waals surface area contributed by atoms with Crippen molar-refractivity contribution in [3.63, 3.8) is 0 Å². The number of thioether (sulfide) groups is 1. The Morgan fingerprint density at radius 2 is 1.13 bits per heavy atom. The zero-order chi connectivity index (χ0) is 43.3. The second-order valence-corrected chi connectivity index (χ2v) is 14.8. The first-order valence-electron chi connectivity index (χ1n) is 18.7. The molecule has 0 saturated carbocycles. The molecule has 0 atom stereocenters. The third kappa shape index (κ3) is 11.3. The molecule has 8 rings (SSSR count). The van der Waals surface area contributed by atoms with E-state index in [9.17, 15) is 8.78 Å². The van der Waals surface area contributed by atoms with E-state index < -0.39 is 11.6 Å². The first-order valence-corrected chi connectivity index (χ1v) is 20.4. The summed E-state index contributed by atoms with van der Waals surface area (Å²) in [4.78, 5) is 26.2. The molecule has 0 spiro atoms. The van der Waals surface area contributed by atoms with Crippen LogP contribution in [0.5, 0.6) is 28.7 Å². The summed E-state index contributed by atoms with van der Waals surface area (Å²) in [5.74, 6) is 3.45. The molecule has 13 nitrogen and oxygen atoms in total. The maximum Gasteiger partial charge on any atom is 0.163 e. The molecule has 4 heterocycles. The molecule has 0 saturated heterocycles. The monoisotopic (exact) mass is 896 g/mol. The summed E-state index contributed by atoms with van der Waals surface area (Å²) in [7, 11) is 3.10. The zero-order valence-electron chi connectivity index (χ0n) is 33.0. The van der Waals surface area contributed by atoms with E-state index in [0.717, 1.165) is 10.6 Å². The van der Waals surface area contributed by atoms with E-state index in [1.807, 2.05) is 18.2 Å². The Kier molecular flexibility index (Phi) is 14.8. The average Bonchev–Trinajstić information content (AvgIpc) is 3.29. The smallest absolute Gasteiger partial charge is 0.163 e. The van der Waals surface area contributed by atoms with Gasteiger partial charge in [-0.25, -0.2) is 28.7 Å². The van der Waals surface area contributed by atoms with Gasteiger partial charge in [0.1, 0.15) is 54.9 Å². The number of aromatic nitrogens is 6. The van der Waals surface area contributed by atoms with E-state index in [0.29, 0.717) is 92.1 Å². The minimum absolute atomic E-state index is 0.247. The van der Waals surface area contributed by atoms with Crippen LogP contribution in [0.4, 0.5) is 31.8 Å². The van der Waals surface area contributed by atoms with Crippen molar-refractivity contribution in [3.8, 4) is 28.7 Å². The van der Waals surface area contributed by atoms with Crippen LogP contribution in [0.15, 0.2) is 127 Å². The molecule has 0 unspecified atom stereocenters. The number of fused-ring (bicyclic) bond motifs is 2. The summed E-state index contributed by atoms with van der Waals surface area (Å²) < 4.78 is 56.7. The van der Waals surface area contributed by atoms with Gasteiger partial charge < -0.3 is 34.3 Å². The Hall–Kier alpha value is -6.75. The molecule has 0 aliphatic heterocycles. The predicted octanol–water partition coefficient (Wildman–Crippen LogP) is 10.8. The number of methoxy groups -OCH3 is 2. The Morgan fingerprint density at radius 1 is 0.581 bits per heavy atom. The lowest BCUT2D eigenvalue weighted by Crippen LogP contribution is -2.09. The van der Waals surface area contributed by atoms with Crippen molar-refractivity contribution in [3.05, 3.63) is 144 Å². The Bertz CT molecular complexity index is 2580. The van der Waals surface area contributed by atoms with Crippen LogP contribution in [0.2, 0.25) is 10.0 Å². The fourth-order valence-corrected chi connectivity index (χ4v) is 6.83. The Labute approximate surface area is 368 Å². The van der Waals surface area contributed by atoms with Crippen molar-refractivity contribution in [2.45, 2.75) is 4.90 Å². The van der Waals surface area contributed by atoms with Gasteiger partial charge in [-0.05, 0) is 72.8 Å². The fraction of sp³-hybridized carbons (Fsp3) is 0.136. The van der Waals surface area contributed by atoms with Crippen LogP contribution in [-0.2, 0) is 0 Å². The molecule has 0 radical (unpaired) electrons. The first kappa shape index (κ1) is 43.3. The number of halogens is 4. The van der Waals surface area contributed by atoms with E-state index in [4.69, 9.17) is 46.9 Å². The number of rotatable bonds is 16. The van der Waals surface area contributed by atoms with E-state index >= 15 is 0 Å². The van der Waals surface area contributed by atoms with Crippen molar-refractivity contribution < 1.29 is 32.5 Å². The van der Waals surface area contributed by atoms with Crippen LogP contribution in [0.1, 0.15) is 0 Å². The summed E-state index contributed by atoms with van der Waals surface area (Å²) in [6, 6.07) is 23.3. The number of ether oxygens (including phenoxy) is 5. The summed E-state index contributed by atoms with van der Waals surface area (Å²) in [5, 5.41) is 7.92. The second kappa shape index (κ2) is 21.2. The third-order valence-corrected chi connectivity index (χ3v) is 10.2. The van der Waals surface area contributed by atoms with Crippen LogP contribution < -0.4 is 34.3 Å². The maximum absolute atomic E-state index is 14.2. The van der Waals surface area contributed by atoms with E-state index in [2.05, 4.69) is 40.5 Å². The normalized spacial score (nSPS) is 10.7. The van der Waals surface area contributed by atoms with Crippen LogP contribution in [0, 0.1) is 11.6 Å². The predicted molar refractivity (Wildman–Crippen MR) is 237 cm³/mol. The molecule has 0 bridgehead atoms. The minimum Gasteiger partial charge on any atom is -0.493 e. The molecular weight excluding hydrogens is 862 g/mol. The number of anilines is 4. The molecule has 316 valence electrons. The summed E-state index contributed by atoms with van der Waals surface area (Å²) in [6.45, 7) is 1.11. The second-order valence-electron chi connectivity index (χ2n) is 12.7. The average molecular weight is 898 g/mol. The quantitative estimate of drug-likeness (QED) is 0.0700. The highest BCUT2D eigenvalue weighted by molar-refractivity contribution is 7.99. The summed E-state index contributed by atoms with van der Waals surface area (Å²) in [5.41, 5.74) is 1.76. The number of benzene rings is 4. The number of hydrogen-bond acceptors (Lipinski definition) is 14. The van der Waals surface area contributed by atoms with Crippen molar-refractivity contribution in [1.29, 1.82) is 0 Å². The molecule has 4 aromatic carbocycles. The Morgan fingerprint density at radius 3 is 1.65 bits per heavy atom. The van der Waals surface area contributed by atoms with E-state index in [1.54, 1.807) is 98.3 Å². The first-order chi connectivity index (χ1) is 30.3. The van der Waals surface area contributed by atoms with Gasteiger partial charge >= 0.3 is 0 Å². The molecule has 4 aromatic heterocycles. The van der Waals surface area contributed by atoms with Gasteiger partial charge in [0.15, 0.2) is 23.0 Å². The van der Waals surface area contributed by atoms with Gasteiger partial charge in [-0.1, -0.05) is 23.2 Å². The van der Waals surface area contributed by atoms with Crippen molar-refractivity contribution >= 4 is 79.8 Å². The largest absolute Gasteiger partial charge is 0.493 e. The van der Waals surface area contributed by atoms with Crippen molar-refractivity contribution in [1.82, 2.24) is 29.9 Å². The number of nitrogens with one attached hydrogen (secondary N) is 2. The highest BCUT2D eigenvalue weighted by atomic mass is 35.5. The zero-order valence-corrected chi connectivity index (χ0v) is 35.3. The summed E-state index contributed by atoms with van der Waals surface area (Å²) >= 11 is 13.3. The Balaban J connectivity index is 0.000000186. The van der Waals surface area contributed by atoms with E-state index in [1.165, 1.54) is 31.9 Å². The molecule has 62 heavy (non-hydrogen) atoms. The van der Waals surface area contributed by atoms with Gasteiger partial charge in [-0.15, -0.1) is 11.8 Å². The third-order valence-electron chi connectivity index (χ3n) is 8.71. The molecule has 2 N–H and O–H groups in total. The molecule has 8 aromatic rings. The SMILES string of the molecule is COc1cc2c(Nc3ccc(Cl)cc3F)ncnc2cc1OCCOc1cccnc1.COc1cc2c(Nc3ccc(Cl)cc3F)ncnc2cc1OCCSc1ccncc1. The van der Waals surface area contributed by atoms with E-state index in [-0.39, 0.29) is 11.4 Å². The standard InChI is InChI=1S/C22H18ClFN4O3.C22H18ClFN4O2S/c1-29-20-10-16-19(11-21(20)31-8-7-30-15-3-2-6-25-12-15)26-13-27-22(16)28-18-5-4-14(23)9-17(18)24;1-29-20-11-16-19(12-21(20)30-8-9-31-15-4-6-25-7-5-15)26-13-27-22(16)28-18-3-2-14(23)10-17(18)24/h2-6,9-13H,7-8H2,1H3,(H,26,27,28);2-7,10-13H,8-9H2,1H3,(H,26,27,28). The highest BCUT2D eigenvalue weighted by Crippen LogP contribution is 2.37. The lowest BCUT2D eigenvalue weighted by Gasteiger charge is -2.14. The molecule has 0 aliphatic rings. The van der Waals surface area contributed by atoms with Gasteiger partial charge in [0, 0.05) is 62.2 Å². The van der Waals surface area contributed by atoms with Crippen LogP contribution in [-0.4, -0.2) is 69.7 Å². The maximum atomic E-state index is 14.2. The van der Waals surface area contributed by atoms with Crippen LogP contribution in [0.3, 0.4) is 0 Å². The van der Waals surface area contributed by atoms with Crippen molar-refractivity contribution in [2.75, 3.05) is 50.4 Å². The van der Waals surface area contributed by atoms with Gasteiger partial charge in [-0.2, -0.15) is 0 Å². The van der Waals surface area contributed by atoms with Crippen molar-refractivity contribution in [2.24, 2.45) is 0 Å². The van der Waals surface area contributed by atoms with Gasteiger partial charge in [0.25, 0.3) is 0 Å². The number of nitrogens with zero attached hydrogens (tertiary/aromatic N) is 6. The number of pyridine rings is 2. The van der Waals surface area contributed by atoms with Gasteiger partial charge in [0.2, 0.25) is 0 Å². The fourth-order valence-electron chi connectivity index (χ4n) is 5.80. The van der Waals surface area contributed by atoms with Gasteiger partial charge in [0.05, 0.1) is 49.4 Å². The lowest BCUT2D eigenvalue weighted by molar-refractivity contribution is 0.211. The minimum atomic E-state index is -0.486. The summed E-state index contributed by atoms with van der Waals surface area (Å²) in [6.07, 6.45) is 9.63. The highest BCUT2D eigenvalue weighted by Gasteiger charge is 2.15. The molecule has 0 amide bonds. The topological polar surface area (TPSA) is 148 Å². The molecule has 0 fully saturated rings. The van der Waals surface area contributed by atoms with Crippen LogP contribution in [0.25, 0.3) is 21.8 Å². The number of hydrogen-bond donors (Lipinski definition) is 2. The molecule has 18 heteroatoms. The van der Waals surface area contributed by atoms with Gasteiger partial charge in [-0.3, -0.25) is 9.97 Å². The lowest BCUT2D eigenvalue weighted by atomic mass is 10.2. The molecule has 0 aliphatic carbocycles.